The Kier molecular flexibility index (Phi) is 6.64. The van der Waals surface area contributed by atoms with Gasteiger partial charge in [-0.2, -0.15) is 5.26 Å². The predicted octanol–water partition coefficient (Wildman–Crippen LogP) is 2.71. The monoisotopic (exact) mass is 313 g/mol. The molecule has 122 valence electrons. The van der Waals surface area contributed by atoms with Crippen molar-refractivity contribution in [3.63, 3.8) is 0 Å². The molecule has 23 heavy (non-hydrogen) atoms. The van der Waals surface area contributed by atoms with E-state index in [1.807, 2.05) is 35.2 Å². The second-order valence-corrected chi connectivity index (χ2v) is 5.56. The molecule has 0 atom stereocenters. The van der Waals surface area contributed by atoms with Crippen LogP contribution >= 0.6 is 0 Å². The van der Waals surface area contributed by atoms with Crippen molar-refractivity contribution in [3.8, 4) is 6.07 Å². The zero-order valence-corrected chi connectivity index (χ0v) is 13.5. The third-order valence-corrected chi connectivity index (χ3v) is 3.75. The maximum Gasteiger partial charge on any atom is 0.267 e. The number of anilines is 1. The minimum Gasteiger partial charge on any atom is -0.378 e. The third kappa shape index (κ3) is 5.42. The van der Waals surface area contributed by atoms with Crippen LogP contribution in [0.5, 0.6) is 0 Å². The van der Waals surface area contributed by atoms with Crippen LogP contribution in [0.3, 0.4) is 0 Å². The van der Waals surface area contributed by atoms with Crippen LogP contribution in [0.15, 0.2) is 36.0 Å². The second-order valence-electron chi connectivity index (χ2n) is 5.56. The maximum absolute atomic E-state index is 12.2. The van der Waals surface area contributed by atoms with Gasteiger partial charge in [0.25, 0.3) is 5.91 Å². The number of carbonyl (C=O) groups excluding carboxylic acids is 1. The van der Waals surface area contributed by atoms with Crippen LogP contribution in [0, 0.1) is 11.3 Å². The van der Waals surface area contributed by atoms with Gasteiger partial charge in [0.05, 0.1) is 13.2 Å². The molecular weight excluding hydrogens is 290 g/mol. The van der Waals surface area contributed by atoms with Crippen molar-refractivity contribution in [1.82, 2.24) is 4.90 Å². The number of aryl methyl sites for hydroxylation is 1. The van der Waals surface area contributed by atoms with E-state index in [0.29, 0.717) is 32.0 Å². The Hall–Kier alpha value is -2.32. The molecule has 1 fully saturated rings. The molecule has 1 aromatic rings. The van der Waals surface area contributed by atoms with Crippen molar-refractivity contribution >= 4 is 11.6 Å². The van der Waals surface area contributed by atoms with Gasteiger partial charge in [-0.1, -0.05) is 25.5 Å². The molecule has 1 heterocycles. The van der Waals surface area contributed by atoms with E-state index < -0.39 is 0 Å². The first-order chi connectivity index (χ1) is 11.2. The van der Waals surface area contributed by atoms with Gasteiger partial charge in [0, 0.05) is 25.0 Å². The average Bonchev–Trinajstić information content (AvgIpc) is 2.60. The summed E-state index contributed by atoms with van der Waals surface area (Å²) in [5, 5.41) is 12.0. The lowest BCUT2D eigenvalue weighted by atomic mass is 10.1. The van der Waals surface area contributed by atoms with Crippen molar-refractivity contribution in [2.24, 2.45) is 0 Å². The van der Waals surface area contributed by atoms with Gasteiger partial charge in [0.2, 0.25) is 0 Å². The Bertz CT molecular complexity index is 581. The van der Waals surface area contributed by atoms with Crippen LogP contribution in [0.4, 0.5) is 5.69 Å². The number of nitrogens with one attached hydrogen (secondary N) is 1. The summed E-state index contributed by atoms with van der Waals surface area (Å²) >= 11 is 0. The number of ether oxygens (including phenoxy) is 1. The minimum atomic E-state index is -0.375. The topological polar surface area (TPSA) is 65.4 Å². The molecule has 1 aromatic carbocycles. The van der Waals surface area contributed by atoms with E-state index in [2.05, 4.69) is 12.2 Å². The fraction of sp³-hybridized carbons (Fsp3) is 0.444. The SMILES string of the molecule is CCCCc1ccc(NC(=O)/C(C#N)=C\N2CCOCC2)cc1. The van der Waals surface area contributed by atoms with E-state index in [-0.39, 0.29) is 11.5 Å². The molecule has 5 heteroatoms. The molecular formula is C18H23N3O2. The second kappa shape index (κ2) is 8.96. The molecule has 5 nitrogen and oxygen atoms in total. The van der Waals surface area contributed by atoms with Crippen LogP contribution in [-0.2, 0) is 16.0 Å². The molecule has 0 saturated carbocycles. The lowest BCUT2D eigenvalue weighted by Gasteiger charge is -2.25. The van der Waals surface area contributed by atoms with Crippen LogP contribution in [0.1, 0.15) is 25.3 Å². The third-order valence-electron chi connectivity index (χ3n) is 3.75. The maximum atomic E-state index is 12.2. The minimum absolute atomic E-state index is 0.113. The molecule has 1 N–H and O–H groups in total. The summed E-state index contributed by atoms with van der Waals surface area (Å²) in [6, 6.07) is 9.77. The number of hydrogen-bond acceptors (Lipinski definition) is 4. The molecule has 1 aliphatic rings. The first-order valence-electron chi connectivity index (χ1n) is 8.07. The van der Waals surface area contributed by atoms with Crippen LogP contribution in [-0.4, -0.2) is 37.1 Å². The zero-order chi connectivity index (χ0) is 16.5. The zero-order valence-electron chi connectivity index (χ0n) is 13.5. The van der Waals surface area contributed by atoms with Gasteiger partial charge >= 0.3 is 0 Å². The number of carbonyl (C=O) groups is 1. The number of morpholine rings is 1. The highest BCUT2D eigenvalue weighted by molar-refractivity contribution is 6.06. The first-order valence-corrected chi connectivity index (χ1v) is 8.07. The molecule has 1 amide bonds. The van der Waals surface area contributed by atoms with Crippen molar-refractivity contribution < 1.29 is 9.53 Å². The molecule has 0 aliphatic carbocycles. The standard InChI is InChI=1S/C18H23N3O2/c1-2-3-4-15-5-7-17(8-6-15)20-18(22)16(13-19)14-21-9-11-23-12-10-21/h5-8,14H,2-4,9-12H2,1H3,(H,20,22)/b16-14-. The number of unbranched alkanes of at least 4 members (excludes halogenated alkanes) is 1. The Labute approximate surface area is 137 Å². The molecule has 0 radical (unpaired) electrons. The highest BCUT2D eigenvalue weighted by atomic mass is 16.5. The molecule has 1 aliphatic heterocycles. The first kappa shape index (κ1) is 17.0. The van der Waals surface area contributed by atoms with Gasteiger partial charge in [-0.05, 0) is 30.5 Å². The van der Waals surface area contributed by atoms with Crippen molar-refractivity contribution in [2.75, 3.05) is 31.6 Å². The number of hydrogen-bond donors (Lipinski definition) is 1. The number of amides is 1. The summed E-state index contributed by atoms with van der Waals surface area (Å²) in [4.78, 5) is 14.2. The highest BCUT2D eigenvalue weighted by Gasteiger charge is 2.13. The van der Waals surface area contributed by atoms with Crippen LogP contribution in [0.25, 0.3) is 0 Å². The Morgan fingerprint density at radius 3 is 2.65 bits per heavy atom. The van der Waals surface area contributed by atoms with Gasteiger partial charge in [-0.25, -0.2) is 0 Å². The normalized spacial score (nSPS) is 15.1. The fourth-order valence-corrected chi connectivity index (χ4v) is 2.36. The van der Waals surface area contributed by atoms with Gasteiger partial charge in [-0.15, -0.1) is 0 Å². The molecule has 0 bridgehead atoms. The van der Waals surface area contributed by atoms with Crippen LogP contribution < -0.4 is 5.32 Å². The Morgan fingerprint density at radius 1 is 1.35 bits per heavy atom. The number of benzene rings is 1. The molecule has 0 aromatic heterocycles. The lowest BCUT2D eigenvalue weighted by Crippen LogP contribution is -2.33. The van der Waals surface area contributed by atoms with E-state index in [4.69, 9.17) is 4.74 Å². The summed E-state index contributed by atoms with van der Waals surface area (Å²) < 4.78 is 5.26. The van der Waals surface area contributed by atoms with Crippen molar-refractivity contribution in [1.29, 1.82) is 5.26 Å². The number of nitriles is 1. The van der Waals surface area contributed by atoms with E-state index in [1.54, 1.807) is 6.20 Å². The van der Waals surface area contributed by atoms with E-state index >= 15 is 0 Å². The average molecular weight is 313 g/mol. The van der Waals surface area contributed by atoms with Gasteiger partial charge < -0.3 is 15.0 Å². The van der Waals surface area contributed by atoms with E-state index in [0.717, 1.165) is 19.3 Å². The Balaban J connectivity index is 1.96. The summed E-state index contributed by atoms with van der Waals surface area (Å²) in [5.74, 6) is -0.375. The van der Waals surface area contributed by atoms with Gasteiger partial charge in [0.15, 0.2) is 0 Å². The van der Waals surface area contributed by atoms with Gasteiger partial charge in [-0.3, -0.25) is 4.79 Å². The smallest absolute Gasteiger partial charge is 0.267 e. The summed E-state index contributed by atoms with van der Waals surface area (Å²) in [6.45, 7) is 4.81. The molecule has 2 rings (SSSR count). The number of nitrogens with zero attached hydrogens (tertiary/aromatic N) is 2. The van der Waals surface area contributed by atoms with Crippen molar-refractivity contribution in [3.05, 3.63) is 41.6 Å². The summed E-state index contributed by atoms with van der Waals surface area (Å²) in [5.41, 5.74) is 2.08. The largest absolute Gasteiger partial charge is 0.378 e. The molecule has 1 saturated heterocycles. The summed E-state index contributed by atoms with van der Waals surface area (Å²) in [7, 11) is 0. The molecule has 0 unspecified atom stereocenters. The quantitative estimate of drug-likeness (QED) is 0.648. The Morgan fingerprint density at radius 2 is 2.04 bits per heavy atom. The van der Waals surface area contributed by atoms with E-state index in [9.17, 15) is 10.1 Å². The fourth-order valence-electron chi connectivity index (χ4n) is 2.36. The van der Waals surface area contributed by atoms with E-state index in [1.165, 1.54) is 5.56 Å². The lowest BCUT2D eigenvalue weighted by molar-refractivity contribution is -0.112. The predicted molar refractivity (Wildman–Crippen MR) is 89.8 cm³/mol. The molecule has 0 spiro atoms. The summed E-state index contributed by atoms with van der Waals surface area (Å²) in [6.07, 6.45) is 4.99. The number of rotatable bonds is 6. The van der Waals surface area contributed by atoms with Crippen molar-refractivity contribution in [2.45, 2.75) is 26.2 Å². The highest BCUT2D eigenvalue weighted by Crippen LogP contribution is 2.13. The van der Waals surface area contributed by atoms with Crippen LogP contribution in [0.2, 0.25) is 0 Å². The van der Waals surface area contributed by atoms with Gasteiger partial charge in [0.1, 0.15) is 11.6 Å².